The molecule has 3 aromatic heterocycles. The fourth-order valence-electron chi connectivity index (χ4n) is 5.32. The molecule has 1 amide bonds. The zero-order chi connectivity index (χ0) is 23.4. The van der Waals surface area contributed by atoms with Crippen molar-refractivity contribution in [2.24, 2.45) is 0 Å². The molecule has 35 heavy (non-hydrogen) atoms. The summed E-state index contributed by atoms with van der Waals surface area (Å²) in [5.41, 5.74) is 5.70. The summed E-state index contributed by atoms with van der Waals surface area (Å²) in [5.74, 6) is 0.686. The van der Waals surface area contributed by atoms with Crippen LogP contribution >= 0.6 is 0 Å². The van der Waals surface area contributed by atoms with Crippen molar-refractivity contribution in [3.05, 3.63) is 72.1 Å². The van der Waals surface area contributed by atoms with Crippen molar-refractivity contribution in [1.82, 2.24) is 35.3 Å². The summed E-state index contributed by atoms with van der Waals surface area (Å²) in [6.07, 6.45) is 5.08. The highest BCUT2D eigenvalue weighted by Gasteiger charge is 2.47. The number of carbonyl (C=O) groups excluding carboxylic acids is 1. The summed E-state index contributed by atoms with van der Waals surface area (Å²) in [6.45, 7) is 2.20. The van der Waals surface area contributed by atoms with E-state index in [0.29, 0.717) is 23.5 Å². The highest BCUT2D eigenvalue weighted by Crippen LogP contribution is 2.45. The fourth-order valence-corrected chi connectivity index (χ4v) is 5.32. The Hall–Kier alpha value is -4.24. The Morgan fingerprint density at radius 3 is 2.83 bits per heavy atom. The van der Waals surface area contributed by atoms with E-state index in [1.807, 2.05) is 36.4 Å². The van der Waals surface area contributed by atoms with Gasteiger partial charge in [-0.15, -0.1) is 5.10 Å². The van der Waals surface area contributed by atoms with Gasteiger partial charge in [-0.25, -0.2) is 14.6 Å². The third-order valence-corrected chi connectivity index (χ3v) is 7.19. The summed E-state index contributed by atoms with van der Waals surface area (Å²) in [6, 6.07) is 16.2. The molecule has 0 aliphatic carbocycles. The predicted octanol–water partition coefficient (Wildman–Crippen LogP) is 3.06. The first-order valence-corrected chi connectivity index (χ1v) is 11.8. The monoisotopic (exact) mass is 462 g/mol. The molecule has 2 aliphatic rings. The van der Waals surface area contributed by atoms with Gasteiger partial charge >= 0.3 is 0 Å². The van der Waals surface area contributed by atoms with Gasteiger partial charge in [-0.2, -0.15) is 0 Å². The van der Waals surface area contributed by atoms with Gasteiger partial charge in [0.05, 0.1) is 23.7 Å². The number of rotatable bonds is 3. The predicted molar refractivity (Wildman–Crippen MR) is 132 cm³/mol. The van der Waals surface area contributed by atoms with Gasteiger partial charge in [0.1, 0.15) is 0 Å². The molecule has 9 heteroatoms. The van der Waals surface area contributed by atoms with Crippen LogP contribution in [0, 0.1) is 0 Å². The summed E-state index contributed by atoms with van der Waals surface area (Å²) >= 11 is 0. The van der Waals surface area contributed by atoms with E-state index in [9.17, 15) is 4.79 Å². The first-order chi connectivity index (χ1) is 17.2. The van der Waals surface area contributed by atoms with Crippen molar-refractivity contribution < 1.29 is 4.79 Å². The van der Waals surface area contributed by atoms with Crippen LogP contribution in [-0.2, 0) is 16.8 Å². The van der Waals surface area contributed by atoms with E-state index < -0.39 is 5.41 Å². The molecule has 2 aliphatic heterocycles. The lowest BCUT2D eigenvalue weighted by molar-refractivity contribution is -0.121. The van der Waals surface area contributed by atoms with Crippen LogP contribution in [0.25, 0.3) is 33.5 Å². The van der Waals surface area contributed by atoms with Crippen LogP contribution in [0.4, 0.5) is 5.69 Å². The minimum Gasteiger partial charge on any atom is -0.325 e. The second kappa shape index (κ2) is 7.64. The quantitative estimate of drug-likeness (QED) is 0.424. The molecule has 1 spiro atoms. The Bertz CT molecular complexity index is 1620. The number of amides is 1. The van der Waals surface area contributed by atoms with E-state index >= 15 is 0 Å². The summed E-state index contributed by atoms with van der Waals surface area (Å²) in [4.78, 5) is 26.7. The molecule has 9 nitrogen and oxygen atoms in total. The number of anilines is 1. The number of nitrogens with one attached hydrogen (secondary N) is 2. The summed E-state index contributed by atoms with van der Waals surface area (Å²) < 4.78 is 1.80. The van der Waals surface area contributed by atoms with Crippen molar-refractivity contribution in [2.75, 3.05) is 18.4 Å². The summed E-state index contributed by atoms with van der Waals surface area (Å²) in [7, 11) is 0. The van der Waals surface area contributed by atoms with E-state index in [1.165, 1.54) is 0 Å². The molecular weight excluding hydrogens is 440 g/mol. The zero-order valence-electron chi connectivity index (χ0n) is 18.9. The largest absolute Gasteiger partial charge is 0.325 e. The van der Waals surface area contributed by atoms with Crippen LogP contribution in [0.5, 0.6) is 0 Å². The molecule has 1 fully saturated rings. The molecule has 0 unspecified atom stereocenters. The standard InChI is InChI=1S/C26H22N8O/c35-25-26(7-10-27-11-8-26)19-13-18(4-6-21(19)30-25)23-29-14-22-24(31-23)34(33-32-22)15-16-3-5-20-17(12-16)2-1-9-28-20/h1-6,9,12-14,27H,7-8,10-11,15H2,(H,30,35). The Morgan fingerprint density at radius 2 is 1.91 bits per heavy atom. The second-order valence-electron chi connectivity index (χ2n) is 9.23. The van der Waals surface area contributed by atoms with E-state index in [4.69, 9.17) is 4.98 Å². The normalized spacial score (nSPS) is 16.6. The number of nitrogens with zero attached hydrogens (tertiary/aromatic N) is 6. The van der Waals surface area contributed by atoms with Crippen LogP contribution in [0.15, 0.2) is 60.9 Å². The van der Waals surface area contributed by atoms with Gasteiger partial charge in [0.15, 0.2) is 17.0 Å². The molecule has 7 rings (SSSR count). The van der Waals surface area contributed by atoms with Gasteiger partial charge in [0.25, 0.3) is 0 Å². The van der Waals surface area contributed by atoms with Gasteiger partial charge in [0.2, 0.25) is 5.91 Å². The molecule has 0 atom stereocenters. The van der Waals surface area contributed by atoms with Crippen molar-refractivity contribution in [3.8, 4) is 11.4 Å². The van der Waals surface area contributed by atoms with Gasteiger partial charge in [-0.05, 0) is 73.5 Å². The maximum Gasteiger partial charge on any atom is 0.235 e. The van der Waals surface area contributed by atoms with Crippen molar-refractivity contribution in [2.45, 2.75) is 24.8 Å². The third-order valence-electron chi connectivity index (χ3n) is 7.19. The molecular formula is C26H22N8O. The van der Waals surface area contributed by atoms with Crippen LogP contribution < -0.4 is 10.6 Å². The SMILES string of the molecule is O=C1Nc2ccc(-c3ncc4nnn(Cc5ccc6ncccc6c5)c4n3)cc2C12CCNCC2. The second-order valence-corrected chi connectivity index (χ2v) is 9.23. The molecule has 5 aromatic rings. The first-order valence-electron chi connectivity index (χ1n) is 11.8. The number of pyridine rings is 1. The molecule has 2 aromatic carbocycles. The Morgan fingerprint density at radius 1 is 1.00 bits per heavy atom. The first kappa shape index (κ1) is 20.2. The van der Waals surface area contributed by atoms with Gasteiger partial charge in [-0.3, -0.25) is 9.78 Å². The number of carbonyl (C=O) groups is 1. The number of aromatic nitrogens is 6. The molecule has 2 N–H and O–H groups in total. The molecule has 0 saturated carbocycles. The van der Waals surface area contributed by atoms with E-state index in [0.717, 1.165) is 59.2 Å². The maximum absolute atomic E-state index is 12.9. The van der Waals surface area contributed by atoms with Crippen LogP contribution in [0.1, 0.15) is 24.0 Å². The number of hydrogen-bond acceptors (Lipinski definition) is 7. The molecule has 0 radical (unpaired) electrons. The van der Waals surface area contributed by atoms with Gasteiger partial charge in [-0.1, -0.05) is 17.3 Å². The molecule has 5 heterocycles. The van der Waals surface area contributed by atoms with Crippen molar-refractivity contribution in [1.29, 1.82) is 0 Å². The topological polar surface area (TPSA) is 111 Å². The highest BCUT2D eigenvalue weighted by atomic mass is 16.2. The Labute approximate surface area is 200 Å². The number of benzene rings is 2. The van der Waals surface area contributed by atoms with Crippen molar-refractivity contribution >= 4 is 33.7 Å². The van der Waals surface area contributed by atoms with Crippen LogP contribution in [0.3, 0.4) is 0 Å². The number of hydrogen-bond donors (Lipinski definition) is 2. The number of fused-ring (bicyclic) bond motifs is 4. The minimum atomic E-state index is -0.477. The minimum absolute atomic E-state index is 0.0929. The van der Waals surface area contributed by atoms with Crippen molar-refractivity contribution in [3.63, 3.8) is 0 Å². The van der Waals surface area contributed by atoms with E-state index in [2.05, 4.69) is 43.0 Å². The molecule has 1 saturated heterocycles. The van der Waals surface area contributed by atoms with Gasteiger partial charge in [0, 0.05) is 22.8 Å². The molecule has 0 bridgehead atoms. The fraction of sp³-hybridized carbons (Fsp3) is 0.231. The smallest absolute Gasteiger partial charge is 0.235 e. The number of piperidine rings is 1. The highest BCUT2D eigenvalue weighted by molar-refractivity contribution is 6.06. The van der Waals surface area contributed by atoms with E-state index in [1.54, 1.807) is 17.1 Å². The van der Waals surface area contributed by atoms with Crippen LogP contribution in [-0.4, -0.2) is 48.9 Å². The van der Waals surface area contributed by atoms with E-state index in [-0.39, 0.29) is 5.91 Å². The summed E-state index contributed by atoms with van der Waals surface area (Å²) in [5, 5.41) is 16.1. The Balaban J connectivity index is 1.26. The molecule has 172 valence electrons. The van der Waals surface area contributed by atoms with Gasteiger partial charge < -0.3 is 10.6 Å². The third kappa shape index (κ3) is 3.19. The maximum atomic E-state index is 12.9. The lowest BCUT2D eigenvalue weighted by Crippen LogP contribution is -2.44. The average molecular weight is 463 g/mol. The zero-order valence-corrected chi connectivity index (χ0v) is 18.9. The Kier molecular flexibility index (Phi) is 4.40. The lowest BCUT2D eigenvalue weighted by atomic mass is 9.74. The average Bonchev–Trinajstić information content (AvgIpc) is 3.42. The lowest BCUT2D eigenvalue weighted by Gasteiger charge is -2.32. The van der Waals surface area contributed by atoms with Crippen LogP contribution in [0.2, 0.25) is 0 Å².